The van der Waals surface area contributed by atoms with Crippen molar-refractivity contribution in [3.8, 4) is 0 Å². The highest BCUT2D eigenvalue weighted by Crippen LogP contribution is 2.19. The first-order valence-corrected chi connectivity index (χ1v) is 5.30. The maximum atomic E-state index is 13.6. The first kappa shape index (κ1) is 12.6. The molecule has 1 rings (SSSR count). The minimum absolute atomic E-state index is 0.00956. The molecule has 0 saturated carbocycles. The molecule has 0 unspecified atom stereocenters. The van der Waals surface area contributed by atoms with Crippen molar-refractivity contribution >= 4 is 27.6 Å². The fraction of sp³-hybridized carbons (Fsp3) is 0.200. The van der Waals surface area contributed by atoms with Gasteiger partial charge in [0.25, 0.3) is 0 Å². The number of ether oxygens (including phenoxy) is 1. The molecule has 0 aliphatic carbocycles. The standard InChI is InChI=1S/C10H10BrFN2O2/c1-2-16-10(15)9(14-13)6-4-3-5-7(11)8(6)12/h3-5H,2,13H2,1H3/b14-9-. The third-order valence-corrected chi connectivity index (χ3v) is 2.42. The topological polar surface area (TPSA) is 64.7 Å². The number of hydrogen-bond acceptors (Lipinski definition) is 4. The van der Waals surface area contributed by atoms with Gasteiger partial charge in [0.05, 0.1) is 11.1 Å². The second-order valence-corrected chi connectivity index (χ2v) is 3.65. The van der Waals surface area contributed by atoms with Crippen LogP contribution in [0.15, 0.2) is 27.8 Å². The molecule has 0 spiro atoms. The lowest BCUT2D eigenvalue weighted by molar-refractivity contribution is -0.134. The van der Waals surface area contributed by atoms with E-state index in [4.69, 9.17) is 10.6 Å². The molecule has 6 heteroatoms. The molecule has 0 fully saturated rings. The van der Waals surface area contributed by atoms with Crippen molar-refractivity contribution in [3.05, 3.63) is 34.1 Å². The third kappa shape index (κ3) is 2.57. The Balaban J connectivity index is 3.15. The molecular weight excluding hydrogens is 279 g/mol. The second kappa shape index (κ2) is 5.60. The normalized spacial score (nSPS) is 11.3. The maximum absolute atomic E-state index is 13.6. The summed E-state index contributed by atoms with van der Waals surface area (Å²) < 4.78 is 18.6. The van der Waals surface area contributed by atoms with E-state index in [1.807, 2.05) is 0 Å². The summed E-state index contributed by atoms with van der Waals surface area (Å²) in [5.41, 5.74) is -0.226. The molecule has 0 amide bonds. The van der Waals surface area contributed by atoms with E-state index >= 15 is 0 Å². The smallest absolute Gasteiger partial charge is 0.359 e. The zero-order chi connectivity index (χ0) is 12.1. The van der Waals surface area contributed by atoms with Gasteiger partial charge in [-0.25, -0.2) is 9.18 Å². The summed E-state index contributed by atoms with van der Waals surface area (Å²) >= 11 is 3.01. The highest BCUT2D eigenvalue weighted by atomic mass is 79.9. The molecular formula is C10H10BrFN2O2. The summed E-state index contributed by atoms with van der Waals surface area (Å²) in [6, 6.07) is 4.49. The number of esters is 1. The highest BCUT2D eigenvalue weighted by Gasteiger charge is 2.20. The van der Waals surface area contributed by atoms with Gasteiger partial charge >= 0.3 is 5.97 Å². The molecule has 0 aromatic heterocycles. The molecule has 0 bridgehead atoms. The van der Waals surface area contributed by atoms with Crippen molar-refractivity contribution in [2.24, 2.45) is 10.9 Å². The number of rotatable bonds is 3. The van der Waals surface area contributed by atoms with Gasteiger partial charge < -0.3 is 10.6 Å². The minimum Gasteiger partial charge on any atom is -0.461 e. The van der Waals surface area contributed by atoms with Crippen LogP contribution in [0.4, 0.5) is 4.39 Å². The van der Waals surface area contributed by atoms with Gasteiger partial charge in [-0.15, -0.1) is 0 Å². The Hall–Kier alpha value is -1.43. The van der Waals surface area contributed by atoms with Crippen LogP contribution in [0.5, 0.6) is 0 Å². The molecule has 4 nitrogen and oxygen atoms in total. The Bertz CT molecular complexity index is 435. The van der Waals surface area contributed by atoms with Crippen LogP contribution in [0, 0.1) is 5.82 Å². The van der Waals surface area contributed by atoms with Crippen molar-refractivity contribution in [1.29, 1.82) is 0 Å². The molecule has 1 aromatic carbocycles. The van der Waals surface area contributed by atoms with Crippen molar-refractivity contribution < 1.29 is 13.9 Å². The fourth-order valence-corrected chi connectivity index (χ4v) is 1.48. The monoisotopic (exact) mass is 288 g/mol. The number of halogens is 2. The number of nitrogens with zero attached hydrogens (tertiary/aromatic N) is 1. The third-order valence-electron chi connectivity index (χ3n) is 1.80. The Morgan fingerprint density at radius 1 is 1.62 bits per heavy atom. The molecule has 0 heterocycles. The van der Waals surface area contributed by atoms with Gasteiger partial charge in [0.1, 0.15) is 5.82 Å². The lowest BCUT2D eigenvalue weighted by Crippen LogP contribution is -2.21. The van der Waals surface area contributed by atoms with Gasteiger partial charge in [-0.2, -0.15) is 5.10 Å². The van der Waals surface area contributed by atoms with Crippen LogP contribution in [0.25, 0.3) is 0 Å². The summed E-state index contributed by atoms with van der Waals surface area (Å²) in [7, 11) is 0. The quantitative estimate of drug-likeness (QED) is 0.399. The zero-order valence-electron chi connectivity index (χ0n) is 8.54. The van der Waals surface area contributed by atoms with Crippen molar-refractivity contribution in [2.45, 2.75) is 6.92 Å². The Morgan fingerprint density at radius 2 is 2.31 bits per heavy atom. The van der Waals surface area contributed by atoms with Gasteiger partial charge in [-0.1, -0.05) is 6.07 Å². The Kier molecular flexibility index (Phi) is 4.42. The van der Waals surface area contributed by atoms with Crippen LogP contribution in [-0.4, -0.2) is 18.3 Å². The average Bonchev–Trinajstić information content (AvgIpc) is 2.25. The van der Waals surface area contributed by atoms with Crippen LogP contribution >= 0.6 is 15.9 Å². The Labute approximate surface area is 100 Å². The summed E-state index contributed by atoms with van der Waals surface area (Å²) in [5.74, 6) is 3.71. The summed E-state index contributed by atoms with van der Waals surface area (Å²) in [6.45, 7) is 1.82. The maximum Gasteiger partial charge on any atom is 0.359 e. The molecule has 0 aliphatic heterocycles. The van der Waals surface area contributed by atoms with E-state index in [-0.39, 0.29) is 22.4 Å². The average molecular weight is 289 g/mol. The van der Waals surface area contributed by atoms with E-state index in [1.165, 1.54) is 12.1 Å². The van der Waals surface area contributed by atoms with Crippen molar-refractivity contribution in [3.63, 3.8) is 0 Å². The Morgan fingerprint density at radius 3 is 2.88 bits per heavy atom. The predicted molar refractivity (Wildman–Crippen MR) is 61.5 cm³/mol. The summed E-state index contributed by atoms with van der Waals surface area (Å²) in [4.78, 5) is 11.4. The van der Waals surface area contributed by atoms with Gasteiger partial charge in [0.2, 0.25) is 0 Å². The molecule has 0 aliphatic rings. The van der Waals surface area contributed by atoms with E-state index < -0.39 is 11.8 Å². The van der Waals surface area contributed by atoms with E-state index in [0.717, 1.165) is 0 Å². The molecule has 16 heavy (non-hydrogen) atoms. The number of benzene rings is 1. The molecule has 1 aromatic rings. The molecule has 0 atom stereocenters. The van der Waals surface area contributed by atoms with Gasteiger partial charge in [0.15, 0.2) is 5.71 Å². The van der Waals surface area contributed by atoms with E-state index in [1.54, 1.807) is 13.0 Å². The molecule has 86 valence electrons. The second-order valence-electron chi connectivity index (χ2n) is 2.80. The van der Waals surface area contributed by atoms with Crippen LogP contribution in [0.3, 0.4) is 0 Å². The van der Waals surface area contributed by atoms with Crippen LogP contribution in [0.2, 0.25) is 0 Å². The number of carbonyl (C=O) groups is 1. The van der Waals surface area contributed by atoms with Crippen LogP contribution in [-0.2, 0) is 9.53 Å². The zero-order valence-corrected chi connectivity index (χ0v) is 10.1. The minimum atomic E-state index is -0.748. The number of hydrazone groups is 1. The first-order chi connectivity index (χ1) is 7.61. The number of carbonyl (C=O) groups excluding carboxylic acids is 1. The van der Waals surface area contributed by atoms with Gasteiger partial charge in [-0.3, -0.25) is 0 Å². The summed E-state index contributed by atoms with van der Waals surface area (Å²) in [6.07, 6.45) is 0. The summed E-state index contributed by atoms with van der Waals surface area (Å²) in [5, 5.41) is 3.26. The van der Waals surface area contributed by atoms with E-state index in [2.05, 4.69) is 21.0 Å². The van der Waals surface area contributed by atoms with Gasteiger partial charge in [0, 0.05) is 5.56 Å². The van der Waals surface area contributed by atoms with Crippen LogP contribution in [0.1, 0.15) is 12.5 Å². The predicted octanol–water partition coefficient (Wildman–Crippen LogP) is 1.81. The van der Waals surface area contributed by atoms with Crippen LogP contribution < -0.4 is 5.84 Å². The first-order valence-electron chi connectivity index (χ1n) is 4.51. The number of hydrogen-bond donors (Lipinski definition) is 1. The van der Waals surface area contributed by atoms with Crippen molar-refractivity contribution in [2.75, 3.05) is 6.61 Å². The SMILES string of the molecule is CCOC(=O)/C(=N\N)c1cccc(Br)c1F. The van der Waals surface area contributed by atoms with Gasteiger partial charge in [-0.05, 0) is 35.0 Å². The van der Waals surface area contributed by atoms with E-state index in [0.29, 0.717) is 0 Å². The number of nitrogens with two attached hydrogens (primary N) is 1. The fourth-order valence-electron chi connectivity index (χ4n) is 1.12. The lowest BCUT2D eigenvalue weighted by atomic mass is 10.1. The largest absolute Gasteiger partial charge is 0.461 e. The molecule has 0 saturated heterocycles. The molecule has 2 N–H and O–H groups in total. The van der Waals surface area contributed by atoms with E-state index in [9.17, 15) is 9.18 Å². The highest BCUT2D eigenvalue weighted by molar-refractivity contribution is 9.10. The molecule has 0 radical (unpaired) electrons. The van der Waals surface area contributed by atoms with Crippen molar-refractivity contribution in [1.82, 2.24) is 0 Å². The lowest BCUT2D eigenvalue weighted by Gasteiger charge is -2.06.